The molecule has 2 heterocycles. The molecule has 0 spiro atoms. The van der Waals surface area contributed by atoms with Crippen LogP contribution in [0.5, 0.6) is 0 Å². The third kappa shape index (κ3) is 4.40. The number of aryl methyl sites for hydroxylation is 1. The molecule has 0 N–H and O–H groups in total. The molecule has 0 radical (unpaired) electrons. The van der Waals surface area contributed by atoms with Gasteiger partial charge in [0, 0.05) is 47.0 Å². The highest BCUT2D eigenvalue weighted by molar-refractivity contribution is 7.98. The van der Waals surface area contributed by atoms with E-state index in [1.807, 2.05) is 61.9 Å². The first-order chi connectivity index (χ1) is 13.8. The number of rotatable bonds is 7. The van der Waals surface area contributed by atoms with E-state index in [2.05, 4.69) is 0 Å². The lowest BCUT2D eigenvalue weighted by Gasteiger charge is -2.17. The van der Waals surface area contributed by atoms with Gasteiger partial charge < -0.3 is 14.2 Å². The summed E-state index contributed by atoms with van der Waals surface area (Å²) in [5.74, 6) is -1.39. The quantitative estimate of drug-likeness (QED) is 0.393. The van der Waals surface area contributed by atoms with Gasteiger partial charge >= 0.3 is 5.97 Å². The van der Waals surface area contributed by atoms with Gasteiger partial charge in [0.2, 0.25) is 11.7 Å². The van der Waals surface area contributed by atoms with Gasteiger partial charge in [0.05, 0.1) is 5.92 Å². The fourth-order valence-electron chi connectivity index (χ4n) is 3.80. The Bertz CT molecular complexity index is 950. The normalized spacial score (nSPS) is 16.3. The zero-order valence-corrected chi connectivity index (χ0v) is 18.0. The smallest absolute Gasteiger partial charge is 0.311 e. The maximum atomic E-state index is 12.5. The Labute approximate surface area is 175 Å². The summed E-state index contributed by atoms with van der Waals surface area (Å²) in [6.45, 7) is 6.61. The van der Waals surface area contributed by atoms with Crippen LogP contribution in [0.3, 0.4) is 0 Å². The molecule has 1 atom stereocenters. The molecule has 7 heteroatoms. The molecule has 0 bridgehead atoms. The van der Waals surface area contributed by atoms with E-state index in [-0.39, 0.29) is 31.3 Å². The highest BCUT2D eigenvalue weighted by Gasteiger charge is 2.36. The number of hydrogen-bond acceptors (Lipinski definition) is 5. The van der Waals surface area contributed by atoms with Gasteiger partial charge in [0.1, 0.15) is 0 Å². The average Bonchev–Trinajstić information content (AvgIpc) is 3.25. The Kier molecular flexibility index (Phi) is 6.47. The largest absolute Gasteiger partial charge is 0.457 e. The summed E-state index contributed by atoms with van der Waals surface area (Å²) in [6.07, 6.45) is 2.07. The number of carbonyl (C=O) groups excluding carboxylic acids is 3. The van der Waals surface area contributed by atoms with E-state index < -0.39 is 11.9 Å². The van der Waals surface area contributed by atoms with Gasteiger partial charge in [-0.2, -0.15) is 0 Å². The number of hydrogen-bond donors (Lipinski definition) is 0. The Morgan fingerprint density at radius 3 is 2.66 bits per heavy atom. The van der Waals surface area contributed by atoms with E-state index in [9.17, 15) is 14.4 Å². The third-order valence-electron chi connectivity index (χ3n) is 5.36. The summed E-state index contributed by atoms with van der Waals surface area (Å²) >= 11 is 1.60. The monoisotopic (exact) mass is 414 g/mol. The molecule has 3 rings (SSSR count). The molecule has 154 valence electrons. The molecule has 1 aromatic carbocycles. The molecule has 1 aliphatic heterocycles. The summed E-state index contributed by atoms with van der Waals surface area (Å²) in [6, 6.07) is 9.49. The molecule has 1 aliphatic rings. The number of anilines is 1. The topological polar surface area (TPSA) is 68.6 Å². The molecule has 0 aliphatic carbocycles. The summed E-state index contributed by atoms with van der Waals surface area (Å²) in [7, 11) is 0. The van der Waals surface area contributed by atoms with E-state index >= 15 is 0 Å². The van der Waals surface area contributed by atoms with Crippen LogP contribution in [0.2, 0.25) is 0 Å². The lowest BCUT2D eigenvalue weighted by molar-refractivity contribution is -0.147. The van der Waals surface area contributed by atoms with Crippen LogP contribution in [0.4, 0.5) is 5.69 Å². The second-order valence-corrected chi connectivity index (χ2v) is 8.05. The minimum Gasteiger partial charge on any atom is -0.457 e. The number of thioether (sulfide) groups is 1. The van der Waals surface area contributed by atoms with Crippen molar-refractivity contribution in [2.45, 2.75) is 38.6 Å². The van der Waals surface area contributed by atoms with Crippen LogP contribution in [0.25, 0.3) is 0 Å². The highest BCUT2D eigenvalue weighted by atomic mass is 32.2. The first-order valence-electron chi connectivity index (χ1n) is 9.66. The van der Waals surface area contributed by atoms with Crippen molar-refractivity contribution in [3.05, 3.63) is 47.3 Å². The predicted octanol–water partition coefficient (Wildman–Crippen LogP) is 3.63. The number of esters is 1. The number of aromatic nitrogens is 1. The molecule has 1 aromatic heterocycles. The Morgan fingerprint density at radius 1 is 1.24 bits per heavy atom. The summed E-state index contributed by atoms with van der Waals surface area (Å²) in [5, 5.41) is 0. The number of carbonyl (C=O) groups is 3. The van der Waals surface area contributed by atoms with E-state index in [0.29, 0.717) is 5.56 Å². The van der Waals surface area contributed by atoms with Crippen molar-refractivity contribution in [2.24, 2.45) is 5.92 Å². The van der Waals surface area contributed by atoms with Crippen molar-refractivity contribution in [3.63, 3.8) is 0 Å². The lowest BCUT2D eigenvalue weighted by Crippen LogP contribution is -2.27. The fraction of sp³-hybridized carbons (Fsp3) is 0.409. The minimum atomic E-state index is -0.559. The number of ketones is 1. The van der Waals surface area contributed by atoms with Gasteiger partial charge in [0.15, 0.2) is 6.61 Å². The number of Topliss-reactive ketones (excluding diaryl/α,β-unsaturated/α-hetero) is 1. The molecule has 1 fully saturated rings. The second kappa shape index (κ2) is 8.86. The average molecular weight is 415 g/mol. The summed E-state index contributed by atoms with van der Waals surface area (Å²) < 4.78 is 7.32. The SMILES string of the molecule is CCn1c(C)cc(C(=O)COC(=O)[C@H]2CC(=O)N(c3cccc(SC)c3)C2)c1C. The summed E-state index contributed by atoms with van der Waals surface area (Å²) in [5.41, 5.74) is 3.24. The zero-order chi connectivity index (χ0) is 21.1. The van der Waals surface area contributed by atoms with Crippen LogP contribution in [0.15, 0.2) is 35.2 Å². The molecule has 0 unspecified atom stereocenters. The molecule has 1 amide bonds. The number of amides is 1. The minimum absolute atomic E-state index is 0.0981. The standard InChI is InChI=1S/C22H26N2O4S/c1-5-23-14(2)9-19(15(23)3)20(25)13-28-22(27)16-10-21(26)24(12-16)17-7-6-8-18(11-17)29-4/h6-9,11,16H,5,10,12-13H2,1-4H3/t16-/m0/s1. The third-order valence-corrected chi connectivity index (χ3v) is 6.08. The second-order valence-electron chi connectivity index (χ2n) is 7.17. The number of benzene rings is 1. The Balaban J connectivity index is 1.61. The maximum Gasteiger partial charge on any atom is 0.311 e. The lowest BCUT2D eigenvalue weighted by atomic mass is 10.1. The van der Waals surface area contributed by atoms with E-state index in [1.54, 1.807) is 16.7 Å². The van der Waals surface area contributed by atoms with Crippen LogP contribution in [-0.4, -0.2) is 41.6 Å². The van der Waals surface area contributed by atoms with Crippen molar-refractivity contribution >= 4 is 35.1 Å². The van der Waals surface area contributed by atoms with Crippen LogP contribution in [0.1, 0.15) is 35.1 Å². The van der Waals surface area contributed by atoms with E-state index in [4.69, 9.17) is 4.74 Å². The van der Waals surface area contributed by atoms with Gasteiger partial charge in [-0.15, -0.1) is 11.8 Å². The van der Waals surface area contributed by atoms with Crippen molar-refractivity contribution < 1.29 is 19.1 Å². The van der Waals surface area contributed by atoms with Gasteiger partial charge in [-0.3, -0.25) is 14.4 Å². The predicted molar refractivity (Wildman–Crippen MR) is 114 cm³/mol. The first-order valence-corrected chi connectivity index (χ1v) is 10.9. The van der Waals surface area contributed by atoms with Crippen molar-refractivity contribution in [1.29, 1.82) is 0 Å². The van der Waals surface area contributed by atoms with Crippen molar-refractivity contribution in [1.82, 2.24) is 4.57 Å². The number of nitrogens with zero attached hydrogens (tertiary/aromatic N) is 2. The molecule has 6 nitrogen and oxygen atoms in total. The highest BCUT2D eigenvalue weighted by Crippen LogP contribution is 2.28. The molecular weight excluding hydrogens is 388 g/mol. The van der Waals surface area contributed by atoms with Crippen molar-refractivity contribution in [2.75, 3.05) is 24.3 Å². The van der Waals surface area contributed by atoms with Gasteiger partial charge in [0.25, 0.3) is 0 Å². The van der Waals surface area contributed by atoms with Crippen LogP contribution in [-0.2, 0) is 20.9 Å². The maximum absolute atomic E-state index is 12.5. The zero-order valence-electron chi connectivity index (χ0n) is 17.2. The van der Waals surface area contributed by atoms with E-state index in [1.165, 1.54) is 0 Å². The first kappa shape index (κ1) is 21.2. The van der Waals surface area contributed by atoms with Crippen LogP contribution in [0, 0.1) is 19.8 Å². The molecule has 29 heavy (non-hydrogen) atoms. The Hall–Kier alpha value is -2.54. The molecule has 2 aromatic rings. The van der Waals surface area contributed by atoms with Crippen LogP contribution < -0.4 is 4.90 Å². The van der Waals surface area contributed by atoms with Gasteiger partial charge in [-0.25, -0.2) is 0 Å². The molecule has 1 saturated heterocycles. The van der Waals surface area contributed by atoms with Gasteiger partial charge in [-0.1, -0.05) is 6.07 Å². The fourth-order valence-corrected chi connectivity index (χ4v) is 4.25. The summed E-state index contributed by atoms with van der Waals surface area (Å²) in [4.78, 5) is 40.1. The molecular formula is C22H26N2O4S. The number of ether oxygens (including phenoxy) is 1. The Morgan fingerprint density at radius 2 is 2.00 bits per heavy atom. The van der Waals surface area contributed by atoms with Crippen LogP contribution >= 0.6 is 11.8 Å². The molecule has 0 saturated carbocycles. The van der Waals surface area contributed by atoms with E-state index in [0.717, 1.165) is 28.5 Å². The van der Waals surface area contributed by atoms with Crippen molar-refractivity contribution in [3.8, 4) is 0 Å². The van der Waals surface area contributed by atoms with Gasteiger partial charge in [-0.05, 0) is 51.3 Å².